The molecule has 0 aliphatic rings. The Kier molecular flexibility index (Phi) is 3.82. The molecule has 2 nitrogen and oxygen atoms in total. The van der Waals surface area contributed by atoms with E-state index in [1.165, 1.54) is 12.1 Å². The van der Waals surface area contributed by atoms with Gasteiger partial charge in [0.05, 0.1) is 11.2 Å². The molecular weight excluding hydrogens is 311 g/mol. The lowest BCUT2D eigenvalue weighted by molar-refractivity contribution is 0.625. The number of nitrogens with zero attached hydrogens (tertiary/aromatic N) is 2. The van der Waals surface area contributed by atoms with Crippen molar-refractivity contribution in [3.05, 3.63) is 91.0 Å². The van der Waals surface area contributed by atoms with Crippen LogP contribution in [0.3, 0.4) is 0 Å². The van der Waals surface area contributed by atoms with Crippen molar-refractivity contribution >= 4 is 17.0 Å². The first-order valence-corrected chi connectivity index (χ1v) is 7.99. The first-order valence-electron chi connectivity index (χ1n) is 7.99. The summed E-state index contributed by atoms with van der Waals surface area (Å²) >= 11 is 0. The molecule has 0 aliphatic heterocycles. The van der Waals surface area contributed by atoms with Crippen LogP contribution in [0.5, 0.6) is 0 Å². The largest absolute Gasteiger partial charge is 0.256 e. The number of rotatable bonds is 3. The van der Waals surface area contributed by atoms with Gasteiger partial charge in [-0.15, -0.1) is 0 Å². The van der Waals surface area contributed by atoms with Gasteiger partial charge in [-0.05, 0) is 29.8 Å². The Morgan fingerprint density at radius 1 is 0.840 bits per heavy atom. The lowest BCUT2D eigenvalue weighted by atomic mass is 9.96. The van der Waals surface area contributed by atoms with Crippen LogP contribution < -0.4 is 0 Å². The normalized spacial score (nSPS) is 10.8. The standard InChI is InChI=1S/C22H15FN2/c1-2-15-9-10-16(14-20(15)23)22-19(7-5-12-25-22)17-11-13-24-21-8-4-3-6-18(17)21/h2-14H,1H2. The number of pyridine rings is 2. The van der Waals surface area contributed by atoms with E-state index in [-0.39, 0.29) is 5.82 Å². The number of hydrogen-bond acceptors (Lipinski definition) is 2. The smallest absolute Gasteiger partial charge is 0.131 e. The third-order valence-corrected chi connectivity index (χ3v) is 4.24. The third-order valence-electron chi connectivity index (χ3n) is 4.24. The van der Waals surface area contributed by atoms with Crippen molar-refractivity contribution in [3.8, 4) is 22.4 Å². The van der Waals surface area contributed by atoms with Crippen LogP contribution in [0.2, 0.25) is 0 Å². The average Bonchev–Trinajstić information content (AvgIpc) is 2.67. The summed E-state index contributed by atoms with van der Waals surface area (Å²) in [6.45, 7) is 3.63. The molecule has 0 spiro atoms. The van der Waals surface area contributed by atoms with E-state index in [9.17, 15) is 4.39 Å². The van der Waals surface area contributed by atoms with Gasteiger partial charge in [-0.25, -0.2) is 4.39 Å². The zero-order valence-electron chi connectivity index (χ0n) is 13.5. The molecule has 0 aliphatic carbocycles. The van der Waals surface area contributed by atoms with E-state index >= 15 is 0 Å². The van der Waals surface area contributed by atoms with Crippen molar-refractivity contribution in [2.45, 2.75) is 0 Å². The minimum absolute atomic E-state index is 0.302. The number of halogens is 1. The summed E-state index contributed by atoms with van der Waals surface area (Å²) in [5, 5.41) is 1.04. The fraction of sp³-hybridized carbons (Fsp3) is 0. The Bertz CT molecular complexity index is 1080. The van der Waals surface area contributed by atoms with Crippen molar-refractivity contribution < 1.29 is 4.39 Å². The lowest BCUT2D eigenvalue weighted by Gasteiger charge is -2.12. The molecule has 120 valence electrons. The Balaban J connectivity index is 1.96. The molecule has 2 aromatic heterocycles. The van der Waals surface area contributed by atoms with Crippen LogP contribution in [0.15, 0.2) is 79.6 Å². The second kappa shape index (κ2) is 6.29. The Morgan fingerprint density at radius 3 is 2.56 bits per heavy atom. The molecule has 4 aromatic rings. The van der Waals surface area contributed by atoms with Gasteiger partial charge in [-0.1, -0.05) is 49.1 Å². The number of fused-ring (bicyclic) bond motifs is 1. The molecule has 0 amide bonds. The SMILES string of the molecule is C=Cc1ccc(-c2ncccc2-c2ccnc3ccccc23)cc1F. The predicted octanol–water partition coefficient (Wildman–Crippen LogP) is 5.75. The molecule has 4 rings (SSSR count). The molecule has 0 atom stereocenters. The quantitative estimate of drug-likeness (QED) is 0.479. The molecule has 0 radical (unpaired) electrons. The fourth-order valence-electron chi connectivity index (χ4n) is 3.02. The highest BCUT2D eigenvalue weighted by atomic mass is 19.1. The van der Waals surface area contributed by atoms with E-state index in [1.807, 2.05) is 48.5 Å². The third kappa shape index (κ3) is 2.70. The Labute approximate surface area is 145 Å². The van der Waals surface area contributed by atoms with Gasteiger partial charge in [-0.2, -0.15) is 0 Å². The van der Waals surface area contributed by atoms with Crippen LogP contribution in [-0.4, -0.2) is 9.97 Å². The second-order valence-corrected chi connectivity index (χ2v) is 5.72. The summed E-state index contributed by atoms with van der Waals surface area (Å²) < 4.78 is 14.2. The molecule has 0 saturated heterocycles. The van der Waals surface area contributed by atoms with Crippen molar-refractivity contribution in [1.29, 1.82) is 0 Å². The van der Waals surface area contributed by atoms with Gasteiger partial charge < -0.3 is 0 Å². The Morgan fingerprint density at radius 2 is 1.72 bits per heavy atom. The van der Waals surface area contributed by atoms with Gasteiger partial charge >= 0.3 is 0 Å². The second-order valence-electron chi connectivity index (χ2n) is 5.72. The fourth-order valence-corrected chi connectivity index (χ4v) is 3.02. The minimum Gasteiger partial charge on any atom is -0.256 e. The van der Waals surface area contributed by atoms with Gasteiger partial charge in [0.2, 0.25) is 0 Å². The topological polar surface area (TPSA) is 25.8 Å². The van der Waals surface area contributed by atoms with Crippen LogP contribution >= 0.6 is 0 Å². The van der Waals surface area contributed by atoms with E-state index in [2.05, 4.69) is 16.5 Å². The van der Waals surface area contributed by atoms with Gasteiger partial charge in [0.15, 0.2) is 0 Å². The van der Waals surface area contributed by atoms with Crippen LogP contribution in [0.4, 0.5) is 4.39 Å². The van der Waals surface area contributed by atoms with E-state index in [1.54, 1.807) is 18.5 Å². The first-order chi connectivity index (χ1) is 12.3. The maximum atomic E-state index is 14.2. The molecule has 0 N–H and O–H groups in total. The first kappa shape index (κ1) is 15.2. The maximum absolute atomic E-state index is 14.2. The summed E-state index contributed by atoms with van der Waals surface area (Å²) in [5.74, 6) is -0.302. The molecule has 0 fully saturated rings. The highest BCUT2D eigenvalue weighted by Crippen LogP contribution is 2.34. The maximum Gasteiger partial charge on any atom is 0.131 e. The van der Waals surface area contributed by atoms with Gasteiger partial charge in [0, 0.05) is 34.5 Å². The summed E-state index contributed by atoms with van der Waals surface area (Å²) in [4.78, 5) is 8.93. The van der Waals surface area contributed by atoms with Crippen molar-refractivity contribution in [2.75, 3.05) is 0 Å². The molecule has 0 bridgehead atoms. The molecule has 0 saturated carbocycles. The van der Waals surface area contributed by atoms with Gasteiger partial charge in [0.1, 0.15) is 5.82 Å². The summed E-state index contributed by atoms with van der Waals surface area (Å²) in [5.41, 5.74) is 4.86. The monoisotopic (exact) mass is 326 g/mol. The molecule has 25 heavy (non-hydrogen) atoms. The average molecular weight is 326 g/mol. The highest BCUT2D eigenvalue weighted by molar-refractivity contribution is 5.97. The van der Waals surface area contributed by atoms with E-state index in [4.69, 9.17) is 0 Å². The minimum atomic E-state index is -0.302. The molecule has 2 heterocycles. The molecule has 2 aromatic carbocycles. The molecule has 0 unspecified atom stereocenters. The Hall–Kier alpha value is -3.33. The molecular formula is C22H15FN2. The van der Waals surface area contributed by atoms with E-state index in [0.717, 1.165) is 33.3 Å². The van der Waals surface area contributed by atoms with Crippen molar-refractivity contribution in [3.63, 3.8) is 0 Å². The lowest BCUT2D eigenvalue weighted by Crippen LogP contribution is -1.92. The number of para-hydroxylation sites is 1. The van der Waals surface area contributed by atoms with E-state index < -0.39 is 0 Å². The summed E-state index contributed by atoms with van der Waals surface area (Å²) in [6.07, 6.45) is 5.02. The van der Waals surface area contributed by atoms with Crippen molar-refractivity contribution in [1.82, 2.24) is 9.97 Å². The van der Waals surface area contributed by atoms with Gasteiger partial charge in [-0.3, -0.25) is 9.97 Å². The zero-order valence-corrected chi connectivity index (χ0v) is 13.5. The number of benzene rings is 2. The van der Waals surface area contributed by atoms with Crippen LogP contribution in [0, 0.1) is 5.82 Å². The molecule has 3 heteroatoms. The summed E-state index contributed by atoms with van der Waals surface area (Å²) in [6, 6.07) is 18.9. The van der Waals surface area contributed by atoms with Crippen LogP contribution in [0.1, 0.15) is 5.56 Å². The van der Waals surface area contributed by atoms with Crippen molar-refractivity contribution in [2.24, 2.45) is 0 Å². The van der Waals surface area contributed by atoms with Crippen LogP contribution in [-0.2, 0) is 0 Å². The van der Waals surface area contributed by atoms with Crippen LogP contribution in [0.25, 0.3) is 39.4 Å². The van der Waals surface area contributed by atoms with E-state index in [0.29, 0.717) is 5.56 Å². The van der Waals surface area contributed by atoms with Gasteiger partial charge in [0.25, 0.3) is 0 Å². The summed E-state index contributed by atoms with van der Waals surface area (Å²) in [7, 11) is 0. The zero-order chi connectivity index (χ0) is 17.2. The number of aromatic nitrogens is 2. The predicted molar refractivity (Wildman–Crippen MR) is 100 cm³/mol. The highest BCUT2D eigenvalue weighted by Gasteiger charge is 2.12. The number of hydrogen-bond donors (Lipinski definition) is 0.